The zero-order chi connectivity index (χ0) is 8.27. The third-order valence-corrected chi connectivity index (χ3v) is 1.46. The van der Waals surface area contributed by atoms with Gasteiger partial charge in [0.15, 0.2) is 5.82 Å². The van der Waals surface area contributed by atoms with Gasteiger partial charge in [-0.3, -0.25) is 4.57 Å². The van der Waals surface area contributed by atoms with Crippen molar-refractivity contribution in [1.82, 2.24) is 14.8 Å². The molecule has 1 aromatic heterocycles. The predicted molar refractivity (Wildman–Crippen MR) is 41.3 cm³/mol. The Kier molecular flexibility index (Phi) is 2.43. The lowest BCUT2D eigenvalue weighted by atomic mass is 10.6. The van der Waals surface area contributed by atoms with Gasteiger partial charge in [0.1, 0.15) is 6.61 Å². The van der Waals surface area contributed by atoms with Crippen LogP contribution >= 0.6 is 0 Å². The number of anilines is 1. The standard InChI is InChI=1S/C6H12N4O/c1-7-6-9-8-5(4-11-3)10(6)2/h4H2,1-3H3,(H,7,9). The van der Waals surface area contributed by atoms with Crippen LogP contribution in [0.4, 0.5) is 5.95 Å². The minimum Gasteiger partial charge on any atom is -0.377 e. The smallest absolute Gasteiger partial charge is 0.224 e. The molecule has 0 bridgehead atoms. The molecular formula is C6H12N4O. The molecule has 0 saturated heterocycles. The zero-order valence-corrected chi connectivity index (χ0v) is 6.96. The molecule has 0 aliphatic rings. The summed E-state index contributed by atoms with van der Waals surface area (Å²) in [6, 6.07) is 0. The number of aromatic nitrogens is 3. The maximum atomic E-state index is 4.92. The van der Waals surface area contributed by atoms with E-state index >= 15 is 0 Å². The lowest BCUT2D eigenvalue weighted by Crippen LogP contribution is -2.02. The quantitative estimate of drug-likeness (QED) is 0.669. The van der Waals surface area contributed by atoms with Crippen LogP contribution in [-0.4, -0.2) is 28.9 Å². The Morgan fingerprint density at radius 1 is 1.55 bits per heavy atom. The summed E-state index contributed by atoms with van der Waals surface area (Å²) >= 11 is 0. The minimum absolute atomic E-state index is 0.491. The summed E-state index contributed by atoms with van der Waals surface area (Å²) in [5.74, 6) is 1.56. The van der Waals surface area contributed by atoms with Crippen LogP contribution in [0.1, 0.15) is 5.82 Å². The van der Waals surface area contributed by atoms with Crippen LogP contribution in [0.5, 0.6) is 0 Å². The highest BCUT2D eigenvalue weighted by atomic mass is 16.5. The lowest BCUT2D eigenvalue weighted by molar-refractivity contribution is 0.175. The van der Waals surface area contributed by atoms with Crippen LogP contribution in [0, 0.1) is 0 Å². The van der Waals surface area contributed by atoms with Crippen molar-refractivity contribution in [3.63, 3.8) is 0 Å². The van der Waals surface area contributed by atoms with Crippen LogP contribution in [0.2, 0.25) is 0 Å². The van der Waals surface area contributed by atoms with Gasteiger partial charge >= 0.3 is 0 Å². The molecule has 0 radical (unpaired) electrons. The van der Waals surface area contributed by atoms with Crippen molar-refractivity contribution in [3.05, 3.63) is 5.82 Å². The van der Waals surface area contributed by atoms with Crippen LogP contribution in [-0.2, 0) is 18.4 Å². The monoisotopic (exact) mass is 156 g/mol. The normalized spacial score (nSPS) is 10.1. The lowest BCUT2D eigenvalue weighted by Gasteiger charge is -2.00. The maximum absolute atomic E-state index is 4.92. The fourth-order valence-corrected chi connectivity index (χ4v) is 0.834. The van der Waals surface area contributed by atoms with E-state index in [1.807, 2.05) is 11.6 Å². The SMILES string of the molecule is CNc1nnc(COC)n1C. The minimum atomic E-state index is 0.491. The summed E-state index contributed by atoms with van der Waals surface area (Å²) in [4.78, 5) is 0. The third-order valence-electron chi connectivity index (χ3n) is 1.46. The summed E-state index contributed by atoms with van der Waals surface area (Å²) in [7, 11) is 5.33. The number of nitrogens with zero attached hydrogens (tertiary/aromatic N) is 3. The maximum Gasteiger partial charge on any atom is 0.224 e. The third kappa shape index (κ3) is 1.48. The molecule has 5 nitrogen and oxygen atoms in total. The number of methoxy groups -OCH3 is 1. The van der Waals surface area contributed by atoms with Crippen molar-refractivity contribution >= 4 is 5.95 Å². The Morgan fingerprint density at radius 3 is 2.73 bits per heavy atom. The molecular weight excluding hydrogens is 144 g/mol. The second-order valence-electron chi connectivity index (χ2n) is 2.18. The molecule has 0 aromatic carbocycles. The molecule has 11 heavy (non-hydrogen) atoms. The fraction of sp³-hybridized carbons (Fsp3) is 0.667. The highest BCUT2D eigenvalue weighted by molar-refractivity contribution is 5.23. The molecule has 62 valence electrons. The van der Waals surface area contributed by atoms with E-state index in [9.17, 15) is 0 Å². The Morgan fingerprint density at radius 2 is 2.27 bits per heavy atom. The van der Waals surface area contributed by atoms with Gasteiger partial charge < -0.3 is 10.1 Å². The number of nitrogens with one attached hydrogen (secondary N) is 1. The van der Waals surface area contributed by atoms with E-state index < -0.39 is 0 Å². The highest BCUT2D eigenvalue weighted by Gasteiger charge is 2.04. The topological polar surface area (TPSA) is 52.0 Å². The first kappa shape index (κ1) is 8.00. The molecule has 1 N–H and O–H groups in total. The molecule has 0 unspecified atom stereocenters. The summed E-state index contributed by atoms with van der Waals surface area (Å²) in [5.41, 5.74) is 0. The molecule has 0 saturated carbocycles. The molecule has 0 spiro atoms. The van der Waals surface area contributed by atoms with E-state index in [-0.39, 0.29) is 0 Å². The van der Waals surface area contributed by atoms with Gasteiger partial charge in [0.05, 0.1) is 0 Å². The first-order valence-electron chi connectivity index (χ1n) is 3.34. The first-order valence-corrected chi connectivity index (χ1v) is 3.34. The van der Waals surface area contributed by atoms with E-state index in [4.69, 9.17) is 4.74 Å². The fourth-order valence-electron chi connectivity index (χ4n) is 0.834. The van der Waals surface area contributed by atoms with Gasteiger partial charge in [-0.25, -0.2) is 0 Å². The average molecular weight is 156 g/mol. The van der Waals surface area contributed by atoms with E-state index in [0.29, 0.717) is 6.61 Å². The molecule has 1 aromatic rings. The van der Waals surface area contributed by atoms with Gasteiger partial charge in [-0.05, 0) is 0 Å². The van der Waals surface area contributed by atoms with Crippen molar-refractivity contribution in [1.29, 1.82) is 0 Å². The first-order chi connectivity index (χ1) is 5.29. The van der Waals surface area contributed by atoms with Gasteiger partial charge in [0.2, 0.25) is 5.95 Å². The molecule has 0 atom stereocenters. The predicted octanol–water partition coefficient (Wildman–Crippen LogP) is 0.00320. The van der Waals surface area contributed by atoms with Crippen LogP contribution in [0.3, 0.4) is 0 Å². The van der Waals surface area contributed by atoms with Crippen LogP contribution in [0.25, 0.3) is 0 Å². The van der Waals surface area contributed by atoms with Gasteiger partial charge in [0.25, 0.3) is 0 Å². The Balaban J connectivity index is 2.82. The van der Waals surface area contributed by atoms with Crippen molar-refractivity contribution in [2.45, 2.75) is 6.61 Å². The molecule has 0 aliphatic carbocycles. The van der Waals surface area contributed by atoms with E-state index in [1.54, 1.807) is 14.2 Å². The van der Waals surface area contributed by atoms with Crippen molar-refractivity contribution in [2.24, 2.45) is 7.05 Å². The van der Waals surface area contributed by atoms with Crippen molar-refractivity contribution in [2.75, 3.05) is 19.5 Å². The molecule has 5 heteroatoms. The molecule has 1 rings (SSSR count). The van der Waals surface area contributed by atoms with E-state index in [0.717, 1.165) is 11.8 Å². The Bertz CT molecular complexity index is 232. The molecule has 1 heterocycles. The number of rotatable bonds is 3. The van der Waals surface area contributed by atoms with Gasteiger partial charge in [-0.2, -0.15) is 0 Å². The molecule has 0 amide bonds. The van der Waals surface area contributed by atoms with Crippen molar-refractivity contribution < 1.29 is 4.74 Å². The summed E-state index contributed by atoms with van der Waals surface area (Å²) in [6.07, 6.45) is 0. The highest BCUT2D eigenvalue weighted by Crippen LogP contribution is 2.03. The van der Waals surface area contributed by atoms with Crippen LogP contribution < -0.4 is 5.32 Å². The van der Waals surface area contributed by atoms with Crippen molar-refractivity contribution in [3.8, 4) is 0 Å². The van der Waals surface area contributed by atoms with E-state index in [2.05, 4.69) is 15.5 Å². The number of hydrogen-bond acceptors (Lipinski definition) is 4. The Labute approximate surface area is 65.4 Å². The zero-order valence-electron chi connectivity index (χ0n) is 6.96. The van der Waals surface area contributed by atoms with Gasteiger partial charge in [0, 0.05) is 21.2 Å². The average Bonchev–Trinajstić information content (AvgIpc) is 2.34. The summed E-state index contributed by atoms with van der Waals surface area (Å²) in [5, 5.41) is 10.7. The number of hydrogen-bond donors (Lipinski definition) is 1. The second-order valence-corrected chi connectivity index (χ2v) is 2.18. The van der Waals surface area contributed by atoms with Gasteiger partial charge in [-0.1, -0.05) is 0 Å². The largest absolute Gasteiger partial charge is 0.377 e. The van der Waals surface area contributed by atoms with Crippen LogP contribution in [0.15, 0.2) is 0 Å². The Hall–Kier alpha value is -1.10. The molecule has 0 fully saturated rings. The van der Waals surface area contributed by atoms with E-state index in [1.165, 1.54) is 0 Å². The second kappa shape index (κ2) is 3.34. The summed E-state index contributed by atoms with van der Waals surface area (Å²) in [6.45, 7) is 0.491. The van der Waals surface area contributed by atoms with Gasteiger partial charge in [-0.15, -0.1) is 10.2 Å². The molecule has 0 aliphatic heterocycles. The number of ether oxygens (including phenoxy) is 1. The summed E-state index contributed by atoms with van der Waals surface area (Å²) < 4.78 is 6.77.